The predicted octanol–water partition coefficient (Wildman–Crippen LogP) is 3.93. The average molecular weight is 249 g/mol. The summed E-state index contributed by atoms with van der Waals surface area (Å²) < 4.78 is 5.66. The fourth-order valence-electron chi connectivity index (χ4n) is 1.54. The van der Waals surface area contributed by atoms with Gasteiger partial charge >= 0.3 is 0 Å². The van der Waals surface area contributed by atoms with Crippen LogP contribution in [0.5, 0.6) is 11.5 Å². The molecule has 0 aliphatic carbocycles. The second kappa shape index (κ2) is 5.11. The fourth-order valence-corrected chi connectivity index (χ4v) is 1.66. The molecule has 0 radical (unpaired) electrons. The Morgan fingerprint density at radius 2 is 1.82 bits per heavy atom. The number of hydrogen-bond acceptors (Lipinski definition) is 2. The summed E-state index contributed by atoms with van der Waals surface area (Å²) in [4.78, 5) is 0. The van der Waals surface area contributed by atoms with Crippen molar-refractivity contribution in [2.45, 2.75) is 13.5 Å². The van der Waals surface area contributed by atoms with Crippen LogP contribution < -0.4 is 4.74 Å². The van der Waals surface area contributed by atoms with E-state index in [0.717, 1.165) is 21.9 Å². The Hall–Kier alpha value is -1.67. The summed E-state index contributed by atoms with van der Waals surface area (Å²) in [5.74, 6) is 1.03. The molecule has 0 aromatic heterocycles. The summed E-state index contributed by atoms with van der Waals surface area (Å²) in [5.41, 5.74) is 1.97. The Kier molecular flexibility index (Phi) is 3.55. The van der Waals surface area contributed by atoms with Crippen molar-refractivity contribution >= 4 is 11.6 Å². The van der Waals surface area contributed by atoms with E-state index in [1.165, 1.54) is 0 Å². The van der Waals surface area contributed by atoms with Crippen molar-refractivity contribution in [1.29, 1.82) is 0 Å². The first-order valence-electron chi connectivity index (χ1n) is 5.32. The molecule has 0 unspecified atom stereocenters. The molecule has 0 heterocycles. The number of benzene rings is 2. The van der Waals surface area contributed by atoms with Crippen LogP contribution in [0.1, 0.15) is 11.1 Å². The van der Waals surface area contributed by atoms with Gasteiger partial charge in [-0.05, 0) is 48.4 Å². The lowest BCUT2D eigenvalue weighted by Gasteiger charge is -2.09. The lowest BCUT2D eigenvalue weighted by molar-refractivity contribution is 0.303. The van der Waals surface area contributed by atoms with Crippen LogP contribution in [-0.4, -0.2) is 5.11 Å². The third kappa shape index (κ3) is 3.14. The molecular formula is C14H13ClO2. The second-order valence-electron chi connectivity index (χ2n) is 3.86. The zero-order chi connectivity index (χ0) is 12.3. The molecule has 0 aliphatic rings. The summed E-state index contributed by atoms with van der Waals surface area (Å²) >= 11 is 5.80. The third-order valence-corrected chi connectivity index (χ3v) is 2.72. The Morgan fingerprint density at radius 1 is 1.12 bits per heavy atom. The molecule has 2 aromatic rings. The van der Waals surface area contributed by atoms with Gasteiger partial charge < -0.3 is 9.84 Å². The van der Waals surface area contributed by atoms with E-state index in [2.05, 4.69) is 0 Å². The van der Waals surface area contributed by atoms with Crippen LogP contribution >= 0.6 is 11.6 Å². The number of rotatable bonds is 3. The first-order valence-corrected chi connectivity index (χ1v) is 5.70. The third-order valence-electron chi connectivity index (χ3n) is 2.47. The van der Waals surface area contributed by atoms with Crippen molar-refractivity contribution in [2.24, 2.45) is 0 Å². The fraction of sp³-hybridized carbons (Fsp3) is 0.143. The summed E-state index contributed by atoms with van der Waals surface area (Å²) in [5, 5.41) is 10.0. The number of halogens is 1. The van der Waals surface area contributed by atoms with E-state index in [1.807, 2.05) is 31.2 Å². The summed E-state index contributed by atoms with van der Waals surface area (Å²) in [6, 6.07) is 12.6. The highest BCUT2D eigenvalue weighted by Gasteiger charge is 2.01. The molecule has 2 rings (SSSR count). The van der Waals surface area contributed by atoms with Crippen molar-refractivity contribution in [3.63, 3.8) is 0 Å². The van der Waals surface area contributed by atoms with E-state index in [-0.39, 0.29) is 5.75 Å². The van der Waals surface area contributed by atoms with Crippen LogP contribution in [0.4, 0.5) is 0 Å². The van der Waals surface area contributed by atoms with Gasteiger partial charge in [0, 0.05) is 5.02 Å². The predicted molar refractivity (Wildman–Crippen MR) is 68.6 cm³/mol. The van der Waals surface area contributed by atoms with Crippen molar-refractivity contribution < 1.29 is 9.84 Å². The summed E-state index contributed by atoms with van der Waals surface area (Å²) in [7, 11) is 0. The van der Waals surface area contributed by atoms with E-state index < -0.39 is 0 Å². The molecule has 0 atom stereocenters. The van der Waals surface area contributed by atoms with Crippen LogP contribution in [-0.2, 0) is 6.61 Å². The summed E-state index contributed by atoms with van der Waals surface area (Å²) in [6.45, 7) is 2.39. The molecule has 0 aliphatic heterocycles. The molecule has 0 fully saturated rings. The normalized spacial score (nSPS) is 10.2. The Balaban J connectivity index is 2.04. The van der Waals surface area contributed by atoms with Gasteiger partial charge in [-0.15, -0.1) is 0 Å². The lowest BCUT2D eigenvalue weighted by Crippen LogP contribution is -1.96. The first-order chi connectivity index (χ1) is 8.15. The van der Waals surface area contributed by atoms with Crippen molar-refractivity contribution in [2.75, 3.05) is 0 Å². The van der Waals surface area contributed by atoms with Gasteiger partial charge in [0.2, 0.25) is 0 Å². The molecular weight excluding hydrogens is 236 g/mol. The smallest absolute Gasteiger partial charge is 0.122 e. The quantitative estimate of drug-likeness (QED) is 0.892. The largest absolute Gasteiger partial charge is 0.508 e. The molecule has 2 aromatic carbocycles. The highest BCUT2D eigenvalue weighted by Crippen LogP contribution is 2.23. The van der Waals surface area contributed by atoms with E-state index in [9.17, 15) is 5.11 Å². The number of phenolic OH excluding ortho intramolecular Hbond substituents is 1. The van der Waals surface area contributed by atoms with E-state index in [4.69, 9.17) is 16.3 Å². The van der Waals surface area contributed by atoms with Gasteiger partial charge in [0.25, 0.3) is 0 Å². The van der Waals surface area contributed by atoms with Crippen LogP contribution in [0, 0.1) is 6.92 Å². The molecule has 0 saturated carbocycles. The second-order valence-corrected chi connectivity index (χ2v) is 4.30. The molecule has 0 amide bonds. The van der Waals surface area contributed by atoms with Gasteiger partial charge in [0.15, 0.2) is 0 Å². The number of phenols is 1. The lowest BCUT2D eigenvalue weighted by atomic mass is 10.2. The Bertz CT molecular complexity index is 506. The Labute approximate surface area is 105 Å². The van der Waals surface area contributed by atoms with Crippen LogP contribution in [0.2, 0.25) is 5.02 Å². The van der Waals surface area contributed by atoms with Crippen LogP contribution in [0.15, 0.2) is 42.5 Å². The minimum absolute atomic E-state index is 0.251. The van der Waals surface area contributed by atoms with Crippen molar-refractivity contribution in [1.82, 2.24) is 0 Å². The van der Waals surface area contributed by atoms with Crippen LogP contribution in [0.25, 0.3) is 0 Å². The van der Waals surface area contributed by atoms with Gasteiger partial charge in [0.1, 0.15) is 18.1 Å². The maximum Gasteiger partial charge on any atom is 0.122 e. The SMILES string of the molecule is Cc1cc(O)ccc1OCc1ccc(Cl)cc1. The van der Waals surface area contributed by atoms with Crippen LogP contribution in [0.3, 0.4) is 0 Å². The molecule has 2 nitrogen and oxygen atoms in total. The molecule has 0 saturated heterocycles. The van der Waals surface area contributed by atoms with E-state index >= 15 is 0 Å². The van der Waals surface area contributed by atoms with Crippen molar-refractivity contribution in [3.05, 3.63) is 58.6 Å². The minimum atomic E-state index is 0.251. The van der Waals surface area contributed by atoms with E-state index in [1.54, 1.807) is 18.2 Å². The molecule has 0 spiro atoms. The summed E-state index contributed by atoms with van der Waals surface area (Å²) in [6.07, 6.45) is 0. The molecule has 17 heavy (non-hydrogen) atoms. The minimum Gasteiger partial charge on any atom is -0.508 e. The maximum atomic E-state index is 9.28. The highest BCUT2D eigenvalue weighted by molar-refractivity contribution is 6.30. The number of aryl methyl sites for hydroxylation is 1. The number of ether oxygens (including phenoxy) is 1. The zero-order valence-corrected chi connectivity index (χ0v) is 10.2. The molecule has 3 heteroatoms. The Morgan fingerprint density at radius 3 is 2.47 bits per heavy atom. The average Bonchev–Trinajstić information content (AvgIpc) is 2.30. The zero-order valence-electron chi connectivity index (χ0n) is 9.48. The van der Waals surface area contributed by atoms with Gasteiger partial charge in [-0.25, -0.2) is 0 Å². The molecule has 88 valence electrons. The molecule has 1 N–H and O–H groups in total. The van der Waals surface area contributed by atoms with Crippen molar-refractivity contribution in [3.8, 4) is 11.5 Å². The van der Waals surface area contributed by atoms with E-state index in [0.29, 0.717) is 6.61 Å². The molecule has 0 bridgehead atoms. The van der Waals surface area contributed by atoms with Gasteiger partial charge in [-0.1, -0.05) is 23.7 Å². The highest BCUT2D eigenvalue weighted by atomic mass is 35.5. The van der Waals surface area contributed by atoms with Gasteiger partial charge in [-0.2, -0.15) is 0 Å². The number of hydrogen-bond donors (Lipinski definition) is 1. The first kappa shape index (κ1) is 11.8. The van der Waals surface area contributed by atoms with Gasteiger partial charge in [-0.3, -0.25) is 0 Å². The monoisotopic (exact) mass is 248 g/mol. The topological polar surface area (TPSA) is 29.5 Å². The number of aromatic hydroxyl groups is 1. The van der Waals surface area contributed by atoms with Gasteiger partial charge in [0.05, 0.1) is 0 Å². The standard InChI is InChI=1S/C14H13ClO2/c1-10-8-13(16)6-7-14(10)17-9-11-2-4-12(15)5-3-11/h2-8,16H,9H2,1H3. The maximum absolute atomic E-state index is 9.28.